The zero-order valence-corrected chi connectivity index (χ0v) is 11.2. The number of halogens is 2. The molecule has 94 valence electrons. The Bertz CT molecular complexity index is 627. The molecule has 0 amide bonds. The summed E-state index contributed by atoms with van der Waals surface area (Å²) in [5.41, 5.74) is 0.540. The molecule has 0 aliphatic rings. The molecule has 0 aliphatic heterocycles. The first-order valence-electron chi connectivity index (χ1n) is 5.30. The monoisotopic (exact) mass is 311 g/mol. The third-order valence-corrected chi connectivity index (χ3v) is 3.10. The maximum Gasteiger partial charge on any atom is 0.252 e. The second kappa shape index (κ2) is 5.30. The Morgan fingerprint density at radius 3 is 2.94 bits per heavy atom. The van der Waals surface area contributed by atoms with Crippen LogP contribution in [-0.4, -0.2) is 9.97 Å². The Hall–Kier alpha value is -1.69. The highest BCUT2D eigenvalue weighted by Crippen LogP contribution is 2.18. The number of aromatic amines is 1. The minimum absolute atomic E-state index is 0.219. The first-order chi connectivity index (χ1) is 8.54. The molecule has 2 aromatic rings. The van der Waals surface area contributed by atoms with Crippen molar-refractivity contribution in [1.82, 2.24) is 9.97 Å². The number of anilines is 1. The number of nitrogens with one attached hydrogen (secondary N) is 2. The third-order valence-electron chi connectivity index (χ3n) is 2.33. The molecule has 6 heteroatoms. The molecule has 2 N–H and O–H groups in total. The van der Waals surface area contributed by atoms with Gasteiger partial charge in [-0.3, -0.25) is 4.79 Å². The number of aromatic nitrogens is 2. The fourth-order valence-corrected chi connectivity index (χ4v) is 1.92. The van der Waals surface area contributed by atoms with Crippen LogP contribution in [0.25, 0.3) is 0 Å². The fraction of sp³-hybridized carbons (Fsp3) is 0.167. The number of hydrogen-bond acceptors (Lipinski definition) is 3. The average molecular weight is 312 g/mol. The summed E-state index contributed by atoms with van der Waals surface area (Å²) in [4.78, 5) is 17.9. The van der Waals surface area contributed by atoms with Gasteiger partial charge in [0.1, 0.15) is 17.5 Å². The number of rotatable bonds is 3. The summed E-state index contributed by atoms with van der Waals surface area (Å²) in [7, 11) is 0. The number of hydrogen-bond donors (Lipinski definition) is 2. The highest BCUT2D eigenvalue weighted by Gasteiger charge is 2.03. The molecule has 0 radical (unpaired) electrons. The van der Waals surface area contributed by atoms with Crippen molar-refractivity contribution in [3.63, 3.8) is 0 Å². The lowest BCUT2D eigenvalue weighted by Gasteiger charge is -2.07. The van der Waals surface area contributed by atoms with Gasteiger partial charge in [0.25, 0.3) is 5.56 Å². The van der Waals surface area contributed by atoms with Crippen molar-refractivity contribution in [3.8, 4) is 0 Å². The van der Waals surface area contributed by atoms with Gasteiger partial charge in [-0.2, -0.15) is 0 Å². The summed E-state index contributed by atoms with van der Waals surface area (Å²) in [6.45, 7) is 2.08. The maximum absolute atomic E-state index is 13.1. The number of benzene rings is 1. The molecule has 0 bridgehead atoms. The van der Waals surface area contributed by atoms with E-state index in [1.165, 1.54) is 18.2 Å². The van der Waals surface area contributed by atoms with E-state index >= 15 is 0 Å². The van der Waals surface area contributed by atoms with Gasteiger partial charge in [-0.25, -0.2) is 9.37 Å². The van der Waals surface area contributed by atoms with E-state index in [0.29, 0.717) is 18.2 Å². The van der Waals surface area contributed by atoms with E-state index in [9.17, 15) is 9.18 Å². The van der Waals surface area contributed by atoms with Gasteiger partial charge in [-0.15, -0.1) is 0 Å². The molecule has 4 nitrogen and oxygen atoms in total. The molecule has 1 heterocycles. The molecule has 0 atom stereocenters. The van der Waals surface area contributed by atoms with Gasteiger partial charge in [0.2, 0.25) is 0 Å². The molecule has 2 rings (SSSR count). The first-order valence-corrected chi connectivity index (χ1v) is 6.09. The van der Waals surface area contributed by atoms with Crippen molar-refractivity contribution >= 4 is 21.7 Å². The van der Waals surface area contributed by atoms with Crippen molar-refractivity contribution in [2.45, 2.75) is 13.5 Å². The summed E-state index contributed by atoms with van der Waals surface area (Å²) in [6, 6.07) is 5.81. The lowest BCUT2D eigenvalue weighted by Crippen LogP contribution is -2.12. The van der Waals surface area contributed by atoms with E-state index in [1.54, 1.807) is 13.0 Å². The Labute approximate surface area is 111 Å². The zero-order valence-electron chi connectivity index (χ0n) is 9.63. The molecule has 0 saturated heterocycles. The standard InChI is InChI=1S/C12H11BrFN3O/c1-7-16-11(5-12(18)17-7)15-6-8-4-9(14)2-3-10(8)13/h2-5H,6H2,1H3,(H2,15,16,17,18). The lowest BCUT2D eigenvalue weighted by molar-refractivity contribution is 0.625. The number of H-pyrrole nitrogens is 1. The highest BCUT2D eigenvalue weighted by atomic mass is 79.9. The third kappa shape index (κ3) is 3.16. The summed E-state index contributed by atoms with van der Waals surface area (Å²) >= 11 is 3.34. The minimum atomic E-state index is -0.301. The lowest BCUT2D eigenvalue weighted by atomic mass is 10.2. The van der Waals surface area contributed by atoms with Crippen LogP contribution >= 0.6 is 15.9 Å². The average Bonchev–Trinajstić information content (AvgIpc) is 2.29. The van der Waals surface area contributed by atoms with Gasteiger partial charge in [-0.1, -0.05) is 15.9 Å². The van der Waals surface area contributed by atoms with Crippen molar-refractivity contribution in [2.75, 3.05) is 5.32 Å². The van der Waals surface area contributed by atoms with Gasteiger partial charge < -0.3 is 10.3 Å². The predicted octanol–water partition coefficient (Wildman–Crippen LogP) is 2.59. The van der Waals surface area contributed by atoms with Gasteiger partial charge in [-0.05, 0) is 30.7 Å². The van der Waals surface area contributed by atoms with Crippen LogP contribution in [0.15, 0.2) is 33.5 Å². The van der Waals surface area contributed by atoms with Crippen LogP contribution < -0.4 is 10.9 Å². The van der Waals surface area contributed by atoms with Gasteiger partial charge in [0, 0.05) is 17.1 Å². The Morgan fingerprint density at radius 1 is 1.44 bits per heavy atom. The maximum atomic E-state index is 13.1. The van der Waals surface area contributed by atoms with E-state index in [0.717, 1.165) is 10.0 Å². The smallest absolute Gasteiger partial charge is 0.252 e. The van der Waals surface area contributed by atoms with Gasteiger partial charge >= 0.3 is 0 Å². The van der Waals surface area contributed by atoms with Crippen molar-refractivity contribution in [1.29, 1.82) is 0 Å². The Balaban J connectivity index is 2.16. The topological polar surface area (TPSA) is 57.8 Å². The van der Waals surface area contributed by atoms with Gasteiger partial charge in [0.05, 0.1) is 0 Å². The number of aryl methyl sites for hydroxylation is 1. The fourth-order valence-electron chi connectivity index (χ4n) is 1.53. The van der Waals surface area contributed by atoms with Crippen molar-refractivity contribution in [3.05, 3.63) is 56.3 Å². The quantitative estimate of drug-likeness (QED) is 0.916. The minimum Gasteiger partial charge on any atom is -0.366 e. The molecule has 0 spiro atoms. The van der Waals surface area contributed by atoms with E-state index in [4.69, 9.17) is 0 Å². The SMILES string of the molecule is Cc1nc(NCc2cc(F)ccc2Br)cc(=O)[nH]1. The second-order valence-corrected chi connectivity index (χ2v) is 4.66. The Morgan fingerprint density at radius 2 is 2.22 bits per heavy atom. The van der Waals surface area contributed by atoms with Crippen molar-refractivity contribution in [2.24, 2.45) is 0 Å². The normalized spacial score (nSPS) is 10.4. The molecular formula is C12H11BrFN3O. The highest BCUT2D eigenvalue weighted by molar-refractivity contribution is 9.10. The summed E-state index contributed by atoms with van der Waals surface area (Å²) < 4.78 is 13.9. The number of nitrogens with zero attached hydrogens (tertiary/aromatic N) is 1. The molecule has 1 aromatic carbocycles. The molecular weight excluding hydrogens is 301 g/mol. The summed E-state index contributed by atoms with van der Waals surface area (Å²) in [5, 5.41) is 2.98. The summed E-state index contributed by atoms with van der Waals surface area (Å²) in [6.07, 6.45) is 0. The zero-order chi connectivity index (χ0) is 13.1. The predicted molar refractivity (Wildman–Crippen MR) is 71.0 cm³/mol. The second-order valence-electron chi connectivity index (χ2n) is 3.81. The Kier molecular flexibility index (Phi) is 3.76. The van der Waals surface area contributed by atoms with Crippen LogP contribution in [0.4, 0.5) is 10.2 Å². The summed E-state index contributed by atoms with van der Waals surface area (Å²) in [5.74, 6) is 0.695. The van der Waals surface area contributed by atoms with E-state index in [-0.39, 0.29) is 11.4 Å². The van der Waals surface area contributed by atoms with E-state index in [1.807, 2.05) is 0 Å². The molecule has 0 saturated carbocycles. The van der Waals surface area contributed by atoms with Crippen LogP contribution in [0.2, 0.25) is 0 Å². The van der Waals surface area contributed by atoms with E-state index < -0.39 is 0 Å². The molecule has 0 aliphatic carbocycles. The van der Waals surface area contributed by atoms with Gasteiger partial charge in [0.15, 0.2) is 0 Å². The first kappa shape index (κ1) is 12.8. The molecule has 0 fully saturated rings. The molecule has 1 aromatic heterocycles. The molecule has 0 unspecified atom stereocenters. The van der Waals surface area contributed by atoms with Crippen LogP contribution in [0.5, 0.6) is 0 Å². The van der Waals surface area contributed by atoms with Crippen LogP contribution in [0.1, 0.15) is 11.4 Å². The van der Waals surface area contributed by atoms with Crippen LogP contribution in [0.3, 0.4) is 0 Å². The molecule has 18 heavy (non-hydrogen) atoms. The van der Waals surface area contributed by atoms with E-state index in [2.05, 4.69) is 31.2 Å². The van der Waals surface area contributed by atoms with Crippen LogP contribution in [0, 0.1) is 12.7 Å². The largest absolute Gasteiger partial charge is 0.366 e. The van der Waals surface area contributed by atoms with Crippen LogP contribution in [-0.2, 0) is 6.54 Å². The van der Waals surface area contributed by atoms with Crippen molar-refractivity contribution < 1.29 is 4.39 Å².